The van der Waals surface area contributed by atoms with E-state index in [2.05, 4.69) is 21.0 Å². The highest BCUT2D eigenvalue weighted by Crippen LogP contribution is 2.28. The molecule has 0 bridgehead atoms. The molecule has 0 aliphatic heterocycles. The molecule has 0 radical (unpaired) electrons. The highest BCUT2D eigenvalue weighted by molar-refractivity contribution is 9.10. The van der Waals surface area contributed by atoms with Gasteiger partial charge in [-0.2, -0.15) is 10.4 Å². The summed E-state index contributed by atoms with van der Waals surface area (Å²) >= 11 is 3.38. The van der Waals surface area contributed by atoms with Crippen LogP contribution in [0.3, 0.4) is 0 Å². The third-order valence-electron chi connectivity index (χ3n) is 2.73. The fourth-order valence-electron chi connectivity index (χ4n) is 1.78. The van der Waals surface area contributed by atoms with Gasteiger partial charge in [-0.3, -0.25) is 10.1 Å². The van der Waals surface area contributed by atoms with Gasteiger partial charge in [0.2, 0.25) is 0 Å². The number of hydrogen-bond donors (Lipinski definition) is 0. The van der Waals surface area contributed by atoms with E-state index in [0.717, 1.165) is 15.9 Å². The van der Waals surface area contributed by atoms with Crippen molar-refractivity contribution < 1.29 is 4.92 Å². The van der Waals surface area contributed by atoms with Gasteiger partial charge in [0, 0.05) is 6.07 Å². The molecule has 0 amide bonds. The van der Waals surface area contributed by atoms with Gasteiger partial charge in [-0.25, -0.2) is 4.68 Å². The highest BCUT2D eigenvalue weighted by atomic mass is 79.9. The lowest BCUT2D eigenvalue weighted by Gasteiger charge is -2.05. The summed E-state index contributed by atoms with van der Waals surface area (Å²) in [6.45, 7) is 3.60. The number of benzene rings is 1. The van der Waals surface area contributed by atoms with E-state index in [-0.39, 0.29) is 11.4 Å². The first-order valence-electron chi connectivity index (χ1n) is 5.36. The van der Waals surface area contributed by atoms with Gasteiger partial charge in [0.25, 0.3) is 5.69 Å². The maximum atomic E-state index is 11.1. The molecule has 6 nitrogen and oxygen atoms in total. The lowest BCUT2D eigenvalue weighted by molar-refractivity contribution is -0.384. The summed E-state index contributed by atoms with van der Waals surface area (Å²) in [5.41, 5.74) is 2.03. The van der Waals surface area contributed by atoms with Crippen molar-refractivity contribution in [3.8, 4) is 11.8 Å². The normalized spacial score (nSPS) is 10.2. The minimum absolute atomic E-state index is 0.0860. The largest absolute Gasteiger partial charge is 0.294 e. The van der Waals surface area contributed by atoms with Crippen molar-refractivity contribution in [2.75, 3.05) is 0 Å². The van der Waals surface area contributed by atoms with Gasteiger partial charge in [-0.1, -0.05) is 0 Å². The van der Waals surface area contributed by atoms with Crippen LogP contribution in [-0.2, 0) is 0 Å². The van der Waals surface area contributed by atoms with Crippen LogP contribution in [0.1, 0.15) is 17.0 Å². The Morgan fingerprint density at radius 2 is 2.16 bits per heavy atom. The number of hydrogen-bond acceptors (Lipinski definition) is 4. The Kier molecular flexibility index (Phi) is 3.36. The zero-order valence-electron chi connectivity index (χ0n) is 10.2. The van der Waals surface area contributed by atoms with Crippen molar-refractivity contribution in [1.29, 1.82) is 5.26 Å². The van der Waals surface area contributed by atoms with Crippen molar-refractivity contribution in [3.05, 3.63) is 49.7 Å². The summed E-state index contributed by atoms with van der Waals surface area (Å²) in [5, 5.41) is 24.2. The molecule has 0 aliphatic rings. The topological polar surface area (TPSA) is 84.8 Å². The van der Waals surface area contributed by atoms with Crippen molar-refractivity contribution in [3.63, 3.8) is 0 Å². The van der Waals surface area contributed by atoms with Gasteiger partial charge in [0.1, 0.15) is 5.69 Å². The SMILES string of the molecule is Cc1nn(-c2cc(C#N)ccc2[N+](=O)[O-])c(C)c1Br. The van der Waals surface area contributed by atoms with Crippen LogP contribution in [0.4, 0.5) is 5.69 Å². The summed E-state index contributed by atoms with van der Waals surface area (Å²) < 4.78 is 2.27. The van der Waals surface area contributed by atoms with E-state index >= 15 is 0 Å². The van der Waals surface area contributed by atoms with E-state index in [4.69, 9.17) is 5.26 Å². The van der Waals surface area contributed by atoms with E-state index in [1.807, 2.05) is 6.07 Å². The Hall–Kier alpha value is -2.20. The van der Waals surface area contributed by atoms with E-state index in [9.17, 15) is 10.1 Å². The fourth-order valence-corrected chi connectivity index (χ4v) is 2.02. The maximum Gasteiger partial charge on any atom is 0.294 e. The molecule has 0 atom stereocenters. The van der Waals surface area contributed by atoms with Crippen LogP contribution in [0, 0.1) is 35.3 Å². The number of aromatic nitrogens is 2. The van der Waals surface area contributed by atoms with Gasteiger partial charge >= 0.3 is 0 Å². The number of nitro groups is 1. The number of nitro benzene ring substituents is 1. The van der Waals surface area contributed by atoms with Crippen molar-refractivity contribution in [2.45, 2.75) is 13.8 Å². The Bertz CT molecular complexity index is 715. The zero-order valence-corrected chi connectivity index (χ0v) is 11.8. The van der Waals surface area contributed by atoms with Crippen LogP contribution in [0.25, 0.3) is 5.69 Å². The minimum Gasteiger partial charge on any atom is -0.258 e. The van der Waals surface area contributed by atoms with E-state index < -0.39 is 4.92 Å². The summed E-state index contributed by atoms with van der Waals surface area (Å²) in [6, 6.07) is 6.17. The summed E-state index contributed by atoms with van der Waals surface area (Å²) in [5.74, 6) is 0. The Morgan fingerprint density at radius 1 is 1.47 bits per heavy atom. The van der Waals surface area contributed by atoms with Crippen LogP contribution >= 0.6 is 15.9 Å². The maximum absolute atomic E-state index is 11.1. The molecule has 0 fully saturated rings. The van der Waals surface area contributed by atoms with Crippen LogP contribution < -0.4 is 0 Å². The molecule has 0 saturated carbocycles. The van der Waals surface area contributed by atoms with Crippen LogP contribution in [0.15, 0.2) is 22.7 Å². The van der Waals surface area contributed by atoms with Crippen molar-refractivity contribution in [1.82, 2.24) is 9.78 Å². The van der Waals surface area contributed by atoms with Gasteiger partial charge in [-0.15, -0.1) is 0 Å². The standard InChI is InChI=1S/C12H9BrN4O2/c1-7-12(13)8(2)16(15-7)11-5-9(6-14)3-4-10(11)17(18)19/h3-5H,1-2H3. The van der Waals surface area contributed by atoms with Crippen LogP contribution in [-0.4, -0.2) is 14.7 Å². The van der Waals surface area contributed by atoms with Gasteiger partial charge < -0.3 is 0 Å². The molecule has 2 rings (SSSR count). The average Bonchev–Trinajstić information content (AvgIpc) is 2.65. The number of aryl methyl sites for hydroxylation is 1. The zero-order chi connectivity index (χ0) is 14.2. The molecule has 0 saturated heterocycles. The third-order valence-corrected chi connectivity index (χ3v) is 3.88. The molecule has 0 unspecified atom stereocenters. The van der Waals surface area contributed by atoms with E-state index in [0.29, 0.717) is 5.56 Å². The summed E-state index contributed by atoms with van der Waals surface area (Å²) in [7, 11) is 0. The predicted octanol–water partition coefficient (Wildman–Crippen LogP) is 3.03. The smallest absolute Gasteiger partial charge is 0.258 e. The molecule has 0 N–H and O–H groups in total. The molecule has 2 aromatic rings. The quantitative estimate of drug-likeness (QED) is 0.628. The first-order chi connectivity index (χ1) is 8.95. The first kappa shape index (κ1) is 13.2. The van der Waals surface area contributed by atoms with E-state index in [1.165, 1.54) is 22.9 Å². The molecule has 19 heavy (non-hydrogen) atoms. The molecule has 7 heteroatoms. The van der Waals surface area contributed by atoms with Crippen molar-refractivity contribution in [2.24, 2.45) is 0 Å². The Balaban J connectivity index is 2.76. The van der Waals surface area contributed by atoms with Crippen LogP contribution in [0.5, 0.6) is 0 Å². The molecule has 0 aliphatic carbocycles. The molecule has 0 spiro atoms. The fraction of sp³-hybridized carbons (Fsp3) is 0.167. The lowest BCUT2D eigenvalue weighted by Crippen LogP contribution is -2.04. The molecule has 96 valence electrons. The summed E-state index contributed by atoms with van der Waals surface area (Å²) in [4.78, 5) is 10.6. The molecule has 1 heterocycles. The van der Waals surface area contributed by atoms with Gasteiger partial charge in [-0.05, 0) is 41.9 Å². The van der Waals surface area contributed by atoms with E-state index in [1.54, 1.807) is 13.8 Å². The molecule has 1 aromatic heterocycles. The second kappa shape index (κ2) is 4.82. The number of nitrogens with zero attached hydrogens (tertiary/aromatic N) is 4. The molecule has 1 aromatic carbocycles. The van der Waals surface area contributed by atoms with Gasteiger partial charge in [0.15, 0.2) is 0 Å². The second-order valence-electron chi connectivity index (χ2n) is 3.97. The molecular weight excluding hydrogens is 312 g/mol. The highest BCUT2D eigenvalue weighted by Gasteiger charge is 2.20. The average molecular weight is 321 g/mol. The predicted molar refractivity (Wildman–Crippen MR) is 72.1 cm³/mol. The van der Waals surface area contributed by atoms with Gasteiger partial charge in [0.05, 0.1) is 32.4 Å². The number of rotatable bonds is 2. The number of halogens is 1. The second-order valence-corrected chi connectivity index (χ2v) is 4.76. The Morgan fingerprint density at radius 3 is 2.63 bits per heavy atom. The van der Waals surface area contributed by atoms with Crippen molar-refractivity contribution >= 4 is 21.6 Å². The minimum atomic E-state index is -0.485. The third kappa shape index (κ3) is 2.22. The van der Waals surface area contributed by atoms with Crippen LogP contribution in [0.2, 0.25) is 0 Å². The first-order valence-corrected chi connectivity index (χ1v) is 6.15. The number of nitriles is 1. The Labute approximate surface area is 117 Å². The summed E-state index contributed by atoms with van der Waals surface area (Å²) in [6.07, 6.45) is 0. The monoisotopic (exact) mass is 320 g/mol. The molecular formula is C12H9BrN4O2. The lowest BCUT2D eigenvalue weighted by atomic mass is 10.2.